The molecule has 0 amide bonds. The van der Waals surface area contributed by atoms with Crippen molar-refractivity contribution in [1.29, 1.82) is 0 Å². The van der Waals surface area contributed by atoms with Crippen LogP contribution in [0.15, 0.2) is 0 Å². The fraction of sp³-hybridized carbons (Fsp3) is 1.00. The van der Waals surface area contributed by atoms with Crippen LogP contribution in [0.5, 0.6) is 0 Å². The number of hydrogen-bond acceptors (Lipinski definition) is 3. The summed E-state index contributed by atoms with van der Waals surface area (Å²) in [5.41, 5.74) is 0. The van der Waals surface area contributed by atoms with E-state index in [0.29, 0.717) is 0 Å². The lowest BCUT2D eigenvalue weighted by Gasteiger charge is -2.43. The van der Waals surface area contributed by atoms with E-state index in [0.717, 1.165) is 16.5 Å². The van der Waals surface area contributed by atoms with E-state index in [1.807, 2.05) is 0 Å². The van der Waals surface area contributed by atoms with Crippen molar-refractivity contribution in [3.63, 3.8) is 0 Å². The van der Waals surface area contributed by atoms with Gasteiger partial charge in [0.05, 0.1) is 0 Å². The van der Waals surface area contributed by atoms with Crippen molar-refractivity contribution in [2.45, 2.75) is 30.4 Å². The number of thioether (sulfide) groups is 1. The maximum absolute atomic E-state index is 3.34. The van der Waals surface area contributed by atoms with Gasteiger partial charge in [0, 0.05) is 42.7 Å². The molecule has 2 atom stereocenters. The van der Waals surface area contributed by atoms with E-state index in [-0.39, 0.29) is 0 Å². The highest BCUT2D eigenvalue weighted by atomic mass is 32.2. The lowest BCUT2D eigenvalue weighted by Crippen LogP contribution is -2.60. The maximum atomic E-state index is 3.34. The van der Waals surface area contributed by atoms with E-state index in [9.17, 15) is 0 Å². The Labute approximate surface area is 79.1 Å². The number of nitrogens with one attached hydrogen (secondary N) is 1. The van der Waals surface area contributed by atoms with E-state index in [4.69, 9.17) is 0 Å². The van der Waals surface area contributed by atoms with Gasteiger partial charge in [0.15, 0.2) is 0 Å². The van der Waals surface area contributed by atoms with Crippen LogP contribution < -0.4 is 5.32 Å². The second-order valence-electron chi connectivity index (χ2n) is 4.02. The molecule has 0 radical (unpaired) electrons. The minimum atomic E-state index is 0.828. The number of rotatable bonds is 1. The van der Waals surface area contributed by atoms with Crippen LogP contribution in [0.4, 0.5) is 0 Å². The molecule has 0 aromatic rings. The normalized spacial score (nSPS) is 39.5. The summed E-state index contributed by atoms with van der Waals surface area (Å²) >= 11 is 2.13. The van der Waals surface area contributed by atoms with Gasteiger partial charge < -0.3 is 5.32 Å². The lowest BCUT2D eigenvalue weighted by molar-refractivity contribution is 0.144. The summed E-state index contributed by atoms with van der Waals surface area (Å²) < 4.78 is 0. The molecule has 0 bridgehead atoms. The summed E-state index contributed by atoms with van der Waals surface area (Å²) in [6.07, 6.45) is 0. The van der Waals surface area contributed by atoms with Crippen LogP contribution in [0.3, 0.4) is 0 Å². The van der Waals surface area contributed by atoms with E-state index in [2.05, 4.69) is 35.8 Å². The first kappa shape index (κ1) is 8.85. The minimum absolute atomic E-state index is 0.828. The fourth-order valence-corrected chi connectivity index (χ4v) is 3.40. The second kappa shape index (κ2) is 3.56. The molecule has 0 saturated carbocycles. The molecule has 2 saturated heterocycles. The summed E-state index contributed by atoms with van der Waals surface area (Å²) in [6, 6.07) is 0.843. The van der Waals surface area contributed by atoms with Crippen molar-refractivity contribution >= 4 is 11.8 Å². The van der Waals surface area contributed by atoms with Crippen LogP contribution in [-0.2, 0) is 0 Å². The Morgan fingerprint density at radius 3 is 2.17 bits per heavy atom. The van der Waals surface area contributed by atoms with E-state index >= 15 is 0 Å². The molecule has 3 heteroatoms. The highest BCUT2D eigenvalue weighted by Crippen LogP contribution is 2.26. The first-order valence-corrected chi connectivity index (χ1v) is 5.80. The van der Waals surface area contributed by atoms with Gasteiger partial charge in [-0.3, -0.25) is 4.90 Å². The van der Waals surface area contributed by atoms with Crippen LogP contribution in [-0.4, -0.2) is 47.6 Å². The molecular weight excluding hydrogens is 168 g/mol. The summed E-state index contributed by atoms with van der Waals surface area (Å²) in [6.45, 7) is 9.70. The van der Waals surface area contributed by atoms with Gasteiger partial charge in [-0.25, -0.2) is 0 Å². The summed E-state index contributed by atoms with van der Waals surface area (Å²) in [5, 5.41) is 5.00. The highest BCUT2D eigenvalue weighted by Gasteiger charge is 2.30. The molecule has 0 aliphatic carbocycles. The molecule has 2 nitrogen and oxygen atoms in total. The first-order chi connectivity index (χ1) is 5.75. The van der Waals surface area contributed by atoms with Crippen LogP contribution in [0.2, 0.25) is 0 Å². The van der Waals surface area contributed by atoms with Crippen LogP contribution in [0.1, 0.15) is 13.8 Å². The predicted molar refractivity (Wildman–Crippen MR) is 54.7 cm³/mol. The Morgan fingerprint density at radius 2 is 1.75 bits per heavy atom. The van der Waals surface area contributed by atoms with Gasteiger partial charge in [-0.2, -0.15) is 11.8 Å². The molecule has 2 aliphatic heterocycles. The molecular formula is C9H18N2S. The molecule has 0 aromatic heterocycles. The molecule has 2 heterocycles. The predicted octanol–water partition coefficient (Wildman–Crippen LogP) is 0.784. The average molecular weight is 186 g/mol. The molecule has 1 N–H and O–H groups in total. The van der Waals surface area contributed by atoms with Crippen molar-refractivity contribution in [2.75, 3.05) is 26.2 Å². The lowest BCUT2D eigenvalue weighted by atomic mass is 10.1. The average Bonchev–Trinajstić information content (AvgIpc) is 1.79. The van der Waals surface area contributed by atoms with E-state index in [1.54, 1.807) is 0 Å². The zero-order valence-electron chi connectivity index (χ0n) is 7.92. The van der Waals surface area contributed by atoms with Gasteiger partial charge >= 0.3 is 0 Å². The highest BCUT2D eigenvalue weighted by molar-refractivity contribution is 8.00. The molecule has 2 rings (SSSR count). The summed E-state index contributed by atoms with van der Waals surface area (Å²) in [5.74, 6) is 0. The molecule has 2 fully saturated rings. The Kier molecular flexibility index (Phi) is 2.63. The van der Waals surface area contributed by atoms with Gasteiger partial charge in [-0.15, -0.1) is 0 Å². The van der Waals surface area contributed by atoms with Gasteiger partial charge in [0.2, 0.25) is 0 Å². The molecule has 0 aromatic carbocycles. The fourth-order valence-electron chi connectivity index (χ4n) is 2.05. The zero-order valence-corrected chi connectivity index (χ0v) is 8.73. The standard InChI is InChI=1S/C9H18N2S/c1-7-5-11(6-8(2)12-7)9-3-10-4-9/h7-10H,3-6H2,1-2H3. The van der Waals surface area contributed by atoms with Crippen molar-refractivity contribution in [3.8, 4) is 0 Å². The third-order valence-electron chi connectivity index (χ3n) is 2.72. The smallest absolute Gasteiger partial charge is 0.0346 e. The van der Waals surface area contributed by atoms with Crippen LogP contribution in [0, 0.1) is 0 Å². The van der Waals surface area contributed by atoms with E-state index in [1.165, 1.54) is 26.2 Å². The van der Waals surface area contributed by atoms with Crippen molar-refractivity contribution < 1.29 is 0 Å². The van der Waals surface area contributed by atoms with Gasteiger partial charge in [-0.1, -0.05) is 13.8 Å². The Morgan fingerprint density at radius 1 is 1.17 bits per heavy atom. The van der Waals surface area contributed by atoms with Crippen molar-refractivity contribution in [3.05, 3.63) is 0 Å². The van der Waals surface area contributed by atoms with E-state index < -0.39 is 0 Å². The number of nitrogens with zero attached hydrogens (tertiary/aromatic N) is 1. The molecule has 2 unspecified atom stereocenters. The molecule has 0 spiro atoms. The maximum Gasteiger partial charge on any atom is 0.0346 e. The molecule has 70 valence electrons. The third-order valence-corrected chi connectivity index (χ3v) is 3.95. The largest absolute Gasteiger partial charge is 0.314 e. The van der Waals surface area contributed by atoms with Crippen LogP contribution in [0.25, 0.3) is 0 Å². The van der Waals surface area contributed by atoms with Crippen LogP contribution >= 0.6 is 11.8 Å². The molecule has 12 heavy (non-hydrogen) atoms. The van der Waals surface area contributed by atoms with Crippen molar-refractivity contribution in [1.82, 2.24) is 10.2 Å². The first-order valence-electron chi connectivity index (χ1n) is 4.86. The number of hydrogen-bond donors (Lipinski definition) is 1. The summed E-state index contributed by atoms with van der Waals surface area (Å²) in [7, 11) is 0. The second-order valence-corrected chi connectivity index (χ2v) is 5.90. The zero-order chi connectivity index (χ0) is 8.55. The quantitative estimate of drug-likeness (QED) is 0.651. The van der Waals surface area contributed by atoms with Crippen molar-refractivity contribution in [2.24, 2.45) is 0 Å². The summed E-state index contributed by atoms with van der Waals surface area (Å²) in [4.78, 5) is 2.66. The van der Waals surface area contributed by atoms with Gasteiger partial charge in [0.1, 0.15) is 0 Å². The third kappa shape index (κ3) is 1.78. The Balaban J connectivity index is 1.87. The Bertz CT molecular complexity index is 149. The SMILES string of the molecule is CC1CN(C2CNC2)CC(C)S1. The monoisotopic (exact) mass is 186 g/mol. The minimum Gasteiger partial charge on any atom is -0.314 e. The Hall–Kier alpha value is 0.270. The van der Waals surface area contributed by atoms with Gasteiger partial charge in [-0.05, 0) is 0 Å². The van der Waals surface area contributed by atoms with Gasteiger partial charge in [0.25, 0.3) is 0 Å². The molecule has 2 aliphatic rings. The topological polar surface area (TPSA) is 15.3 Å².